The molecule has 0 aliphatic heterocycles. The Bertz CT molecular complexity index is 1190. The van der Waals surface area contributed by atoms with Gasteiger partial charge in [-0.2, -0.15) is 0 Å². The van der Waals surface area contributed by atoms with Gasteiger partial charge in [0, 0.05) is 21.2 Å². The monoisotopic (exact) mass is 462 g/mol. The summed E-state index contributed by atoms with van der Waals surface area (Å²) in [6, 6.07) is 22.8. The molecule has 0 spiro atoms. The molecule has 0 atom stereocenters. The van der Waals surface area contributed by atoms with Crippen LogP contribution in [0.4, 0.5) is 0 Å². The molecule has 1 aromatic heterocycles. The fourth-order valence-corrected chi connectivity index (χ4v) is 3.15. The number of halogens is 1. The largest absolute Gasteiger partial charge is 0.454 e. The lowest BCUT2D eigenvalue weighted by Crippen LogP contribution is -2.14. The molecule has 0 bridgehead atoms. The molecule has 148 valence electrons. The van der Waals surface area contributed by atoms with Gasteiger partial charge in [0.25, 0.3) is 0 Å². The molecule has 0 radical (unpaired) electrons. The SMILES string of the molecule is O=C(COC(=O)c1ccc(-c2nnc(-c3cccc(Br)c3)o2)cc1)c1ccccc1. The number of rotatable bonds is 6. The van der Waals surface area contributed by atoms with Crippen LogP contribution in [0.1, 0.15) is 20.7 Å². The molecule has 3 aromatic carbocycles. The van der Waals surface area contributed by atoms with Crippen LogP contribution in [0.5, 0.6) is 0 Å². The Morgan fingerprint density at radius 3 is 2.20 bits per heavy atom. The van der Waals surface area contributed by atoms with E-state index in [2.05, 4.69) is 26.1 Å². The van der Waals surface area contributed by atoms with Crippen LogP contribution < -0.4 is 0 Å². The number of carbonyl (C=O) groups is 2. The Labute approximate surface area is 180 Å². The molecule has 6 nitrogen and oxygen atoms in total. The number of nitrogens with zero attached hydrogens (tertiary/aromatic N) is 2. The first-order valence-corrected chi connectivity index (χ1v) is 9.85. The van der Waals surface area contributed by atoms with Crippen molar-refractivity contribution in [3.8, 4) is 22.9 Å². The molecule has 0 unspecified atom stereocenters. The first-order valence-electron chi connectivity index (χ1n) is 9.05. The van der Waals surface area contributed by atoms with Gasteiger partial charge in [-0.3, -0.25) is 4.79 Å². The van der Waals surface area contributed by atoms with Crippen LogP contribution in [0.15, 0.2) is 87.8 Å². The minimum atomic E-state index is -0.578. The number of hydrogen-bond acceptors (Lipinski definition) is 6. The maximum atomic E-state index is 12.2. The van der Waals surface area contributed by atoms with Gasteiger partial charge in [0.1, 0.15) is 0 Å². The molecule has 0 aliphatic rings. The van der Waals surface area contributed by atoms with E-state index in [9.17, 15) is 9.59 Å². The Hall–Kier alpha value is -3.58. The average molecular weight is 463 g/mol. The highest BCUT2D eigenvalue weighted by molar-refractivity contribution is 9.10. The van der Waals surface area contributed by atoms with Crippen LogP contribution in [0.2, 0.25) is 0 Å². The van der Waals surface area contributed by atoms with Gasteiger partial charge in [0.2, 0.25) is 11.8 Å². The van der Waals surface area contributed by atoms with Crippen molar-refractivity contribution >= 4 is 27.7 Å². The summed E-state index contributed by atoms with van der Waals surface area (Å²) >= 11 is 3.41. The predicted molar refractivity (Wildman–Crippen MR) is 114 cm³/mol. The van der Waals surface area contributed by atoms with E-state index in [-0.39, 0.29) is 12.4 Å². The maximum absolute atomic E-state index is 12.2. The third-order valence-corrected chi connectivity index (χ3v) is 4.79. The number of Topliss-reactive ketones (excluding diaryl/α,β-unsaturated/α-hetero) is 1. The van der Waals surface area contributed by atoms with E-state index >= 15 is 0 Å². The minimum absolute atomic E-state index is 0.258. The molecular formula is C23H15BrN2O4. The summed E-state index contributed by atoms with van der Waals surface area (Å²) in [4.78, 5) is 24.3. The smallest absolute Gasteiger partial charge is 0.338 e. The molecule has 7 heteroatoms. The molecule has 4 rings (SSSR count). The molecule has 30 heavy (non-hydrogen) atoms. The highest BCUT2D eigenvalue weighted by atomic mass is 79.9. The molecule has 0 saturated carbocycles. The lowest BCUT2D eigenvalue weighted by molar-refractivity contribution is 0.0475. The van der Waals surface area contributed by atoms with E-state index in [0.29, 0.717) is 28.5 Å². The molecule has 4 aromatic rings. The fraction of sp³-hybridized carbons (Fsp3) is 0.0435. The summed E-state index contributed by atoms with van der Waals surface area (Å²) in [5, 5.41) is 8.14. The van der Waals surface area contributed by atoms with Crippen molar-refractivity contribution in [1.82, 2.24) is 10.2 Å². The predicted octanol–water partition coefficient (Wildman–Crippen LogP) is 5.21. The molecule has 0 saturated heterocycles. The second-order valence-electron chi connectivity index (χ2n) is 6.37. The van der Waals surface area contributed by atoms with Crippen LogP contribution in [0.3, 0.4) is 0 Å². The highest BCUT2D eigenvalue weighted by Crippen LogP contribution is 2.26. The zero-order valence-corrected chi connectivity index (χ0v) is 17.2. The van der Waals surface area contributed by atoms with Crippen molar-refractivity contribution in [2.45, 2.75) is 0 Å². The third kappa shape index (κ3) is 4.52. The number of aromatic nitrogens is 2. The first kappa shape index (κ1) is 19.7. The van der Waals surface area contributed by atoms with E-state index < -0.39 is 5.97 Å². The number of benzene rings is 3. The minimum Gasteiger partial charge on any atom is -0.454 e. The maximum Gasteiger partial charge on any atom is 0.338 e. The number of ketones is 1. The Morgan fingerprint density at radius 2 is 1.50 bits per heavy atom. The number of carbonyl (C=O) groups excluding carboxylic acids is 2. The molecule has 0 amide bonds. The van der Waals surface area contributed by atoms with Crippen LogP contribution in [0.25, 0.3) is 22.9 Å². The summed E-state index contributed by atoms with van der Waals surface area (Å²) in [6.07, 6.45) is 0. The van der Waals surface area contributed by atoms with E-state index in [4.69, 9.17) is 9.15 Å². The summed E-state index contributed by atoms with van der Waals surface area (Å²) in [7, 11) is 0. The van der Waals surface area contributed by atoms with Crippen LogP contribution in [-0.4, -0.2) is 28.6 Å². The zero-order valence-electron chi connectivity index (χ0n) is 15.6. The van der Waals surface area contributed by atoms with Crippen molar-refractivity contribution < 1.29 is 18.7 Å². The highest BCUT2D eigenvalue weighted by Gasteiger charge is 2.14. The van der Waals surface area contributed by atoms with Crippen molar-refractivity contribution in [3.63, 3.8) is 0 Å². The average Bonchev–Trinajstić information content (AvgIpc) is 3.28. The van der Waals surface area contributed by atoms with E-state index in [1.165, 1.54) is 0 Å². The Morgan fingerprint density at radius 1 is 0.800 bits per heavy atom. The van der Waals surface area contributed by atoms with Gasteiger partial charge in [-0.1, -0.05) is 52.3 Å². The summed E-state index contributed by atoms with van der Waals surface area (Å²) in [5.41, 5.74) is 2.29. The van der Waals surface area contributed by atoms with Gasteiger partial charge >= 0.3 is 5.97 Å². The van der Waals surface area contributed by atoms with Gasteiger partial charge in [-0.25, -0.2) is 4.79 Å². The third-order valence-electron chi connectivity index (χ3n) is 4.29. The Balaban J connectivity index is 1.42. The standard InChI is InChI=1S/C23H15BrN2O4/c24-19-8-4-7-18(13-19)22-26-25-21(30-22)16-9-11-17(12-10-16)23(28)29-14-20(27)15-5-2-1-3-6-15/h1-13H,14H2. The molecule has 0 N–H and O–H groups in total. The second-order valence-corrected chi connectivity index (χ2v) is 7.28. The Kier molecular flexibility index (Phi) is 5.81. The zero-order chi connectivity index (χ0) is 20.9. The number of ether oxygens (including phenoxy) is 1. The number of hydrogen-bond donors (Lipinski definition) is 0. The van der Waals surface area contributed by atoms with Gasteiger partial charge in [-0.05, 0) is 42.5 Å². The summed E-state index contributed by atoms with van der Waals surface area (Å²) in [6.45, 7) is -0.315. The first-order chi connectivity index (χ1) is 14.6. The summed E-state index contributed by atoms with van der Waals surface area (Å²) in [5.74, 6) is -0.101. The van der Waals surface area contributed by atoms with Crippen molar-refractivity contribution in [2.24, 2.45) is 0 Å². The van der Waals surface area contributed by atoms with Crippen LogP contribution >= 0.6 is 15.9 Å². The van der Waals surface area contributed by atoms with Gasteiger partial charge < -0.3 is 9.15 Å². The fourth-order valence-electron chi connectivity index (χ4n) is 2.75. The van der Waals surface area contributed by atoms with Gasteiger partial charge in [-0.15, -0.1) is 10.2 Å². The topological polar surface area (TPSA) is 82.3 Å². The van der Waals surface area contributed by atoms with E-state index in [0.717, 1.165) is 10.0 Å². The van der Waals surface area contributed by atoms with Gasteiger partial charge in [0.15, 0.2) is 12.4 Å². The molecule has 0 fully saturated rings. The quantitative estimate of drug-likeness (QED) is 0.289. The van der Waals surface area contributed by atoms with Crippen LogP contribution in [0, 0.1) is 0 Å². The van der Waals surface area contributed by atoms with Crippen molar-refractivity contribution in [2.75, 3.05) is 6.61 Å². The molecule has 0 aliphatic carbocycles. The normalized spacial score (nSPS) is 10.6. The van der Waals surface area contributed by atoms with Crippen molar-refractivity contribution in [3.05, 3.63) is 94.5 Å². The molecule has 1 heterocycles. The van der Waals surface area contributed by atoms with E-state index in [1.807, 2.05) is 30.3 Å². The van der Waals surface area contributed by atoms with E-state index in [1.54, 1.807) is 48.5 Å². The lowest BCUT2D eigenvalue weighted by Gasteiger charge is -2.05. The lowest BCUT2D eigenvalue weighted by atomic mass is 10.1. The molecular weight excluding hydrogens is 448 g/mol. The van der Waals surface area contributed by atoms with Gasteiger partial charge in [0.05, 0.1) is 5.56 Å². The van der Waals surface area contributed by atoms with Crippen LogP contribution in [-0.2, 0) is 4.74 Å². The summed E-state index contributed by atoms with van der Waals surface area (Å²) < 4.78 is 11.8. The van der Waals surface area contributed by atoms with Crippen molar-refractivity contribution in [1.29, 1.82) is 0 Å². The second kappa shape index (κ2) is 8.84. The number of esters is 1.